The standard InChI is InChI=1S/C34H36ClFN4O5/c1-20-22(8-7-11-28(20)38-31(41)26-19-39(3)33(43)40(4)32(26)42)24-10-6-9-23(30(24)35)21-16-27(36)25(29(17-21)44-5)18-37-34(2)12-14-45-15-13-34/h6-11,16-17,19,37H,12-15,18H2,1-5H3,(H,38,41). The summed E-state index contributed by atoms with van der Waals surface area (Å²) in [4.78, 5) is 37.8. The molecule has 0 saturated carbocycles. The van der Waals surface area contributed by atoms with Crippen LogP contribution in [0.2, 0.25) is 5.02 Å². The molecule has 4 aromatic rings. The number of benzene rings is 3. The summed E-state index contributed by atoms with van der Waals surface area (Å²) in [6, 6.07) is 14.1. The molecule has 5 rings (SSSR count). The van der Waals surface area contributed by atoms with E-state index in [4.69, 9.17) is 21.1 Å². The highest BCUT2D eigenvalue weighted by molar-refractivity contribution is 6.36. The van der Waals surface area contributed by atoms with Crippen LogP contribution in [0, 0.1) is 12.7 Å². The summed E-state index contributed by atoms with van der Waals surface area (Å²) in [5.41, 5.74) is 2.68. The second-order valence-electron chi connectivity index (χ2n) is 11.6. The molecule has 236 valence electrons. The molecule has 45 heavy (non-hydrogen) atoms. The second kappa shape index (κ2) is 13.0. The number of aryl methyl sites for hydroxylation is 1. The van der Waals surface area contributed by atoms with E-state index in [1.54, 1.807) is 18.2 Å². The van der Waals surface area contributed by atoms with Gasteiger partial charge >= 0.3 is 5.69 Å². The number of halogens is 2. The third-order valence-corrected chi connectivity index (χ3v) is 8.94. The van der Waals surface area contributed by atoms with Gasteiger partial charge in [0.05, 0.1) is 12.1 Å². The second-order valence-corrected chi connectivity index (χ2v) is 11.9. The highest BCUT2D eigenvalue weighted by Crippen LogP contribution is 2.41. The number of hydrogen-bond acceptors (Lipinski definition) is 6. The summed E-state index contributed by atoms with van der Waals surface area (Å²) in [6.07, 6.45) is 2.90. The van der Waals surface area contributed by atoms with Crippen molar-refractivity contribution in [1.82, 2.24) is 14.5 Å². The lowest BCUT2D eigenvalue weighted by atomic mass is 9.92. The Morgan fingerprint density at radius 3 is 2.44 bits per heavy atom. The van der Waals surface area contributed by atoms with E-state index in [1.807, 2.05) is 31.2 Å². The normalized spacial score (nSPS) is 14.3. The molecule has 1 fully saturated rings. The van der Waals surface area contributed by atoms with Crippen LogP contribution < -0.4 is 26.6 Å². The van der Waals surface area contributed by atoms with Gasteiger partial charge in [0.15, 0.2) is 0 Å². The first kappa shape index (κ1) is 32.2. The Bertz CT molecular complexity index is 1900. The molecule has 0 atom stereocenters. The lowest BCUT2D eigenvalue weighted by molar-refractivity contribution is 0.0444. The van der Waals surface area contributed by atoms with Crippen LogP contribution in [-0.2, 0) is 25.4 Å². The van der Waals surface area contributed by atoms with Crippen molar-refractivity contribution in [3.05, 3.63) is 103 Å². The van der Waals surface area contributed by atoms with E-state index in [9.17, 15) is 14.4 Å². The van der Waals surface area contributed by atoms with Crippen molar-refractivity contribution in [2.24, 2.45) is 14.1 Å². The average molecular weight is 635 g/mol. The Hall–Kier alpha value is -4.25. The van der Waals surface area contributed by atoms with E-state index in [2.05, 4.69) is 17.6 Å². The fraction of sp³-hybridized carbons (Fsp3) is 0.324. The molecule has 1 aliphatic rings. The van der Waals surface area contributed by atoms with E-state index in [-0.39, 0.29) is 11.1 Å². The molecule has 1 aromatic heterocycles. The van der Waals surface area contributed by atoms with Gasteiger partial charge in [-0.25, -0.2) is 9.18 Å². The highest BCUT2D eigenvalue weighted by Gasteiger charge is 2.28. The summed E-state index contributed by atoms with van der Waals surface area (Å²) < 4.78 is 28.8. The van der Waals surface area contributed by atoms with Crippen LogP contribution in [0.15, 0.2) is 64.3 Å². The summed E-state index contributed by atoms with van der Waals surface area (Å²) in [7, 11) is 4.31. The molecule has 2 heterocycles. The van der Waals surface area contributed by atoms with Gasteiger partial charge in [0.1, 0.15) is 17.1 Å². The van der Waals surface area contributed by atoms with E-state index < -0.39 is 23.0 Å². The SMILES string of the molecule is COc1cc(-c2cccc(-c3cccc(NC(=O)c4cn(C)c(=O)n(C)c4=O)c3C)c2Cl)cc(F)c1CNC1(C)CCOCC1. The zero-order chi connectivity index (χ0) is 32.5. The zero-order valence-corrected chi connectivity index (χ0v) is 26.7. The van der Waals surface area contributed by atoms with Crippen LogP contribution in [0.5, 0.6) is 5.75 Å². The molecule has 0 aliphatic carbocycles. The minimum Gasteiger partial charge on any atom is -0.496 e. The van der Waals surface area contributed by atoms with E-state index in [0.29, 0.717) is 64.0 Å². The van der Waals surface area contributed by atoms with Crippen molar-refractivity contribution in [1.29, 1.82) is 0 Å². The Balaban J connectivity index is 1.46. The van der Waals surface area contributed by atoms with Gasteiger partial charge in [0.2, 0.25) is 0 Å². The van der Waals surface area contributed by atoms with Crippen LogP contribution in [0.4, 0.5) is 10.1 Å². The number of ether oxygens (including phenoxy) is 2. The lowest BCUT2D eigenvalue weighted by Gasteiger charge is -2.35. The fourth-order valence-corrected chi connectivity index (χ4v) is 5.94. The maximum absolute atomic E-state index is 15.6. The minimum absolute atomic E-state index is 0.146. The summed E-state index contributed by atoms with van der Waals surface area (Å²) in [6.45, 7) is 5.59. The molecule has 1 amide bonds. The smallest absolute Gasteiger partial charge is 0.330 e. The Kier molecular flexibility index (Phi) is 9.29. The molecule has 0 bridgehead atoms. The van der Waals surface area contributed by atoms with Crippen molar-refractivity contribution in [3.63, 3.8) is 0 Å². The van der Waals surface area contributed by atoms with Gasteiger partial charge in [-0.1, -0.05) is 41.9 Å². The van der Waals surface area contributed by atoms with Gasteiger partial charge in [0.25, 0.3) is 11.5 Å². The fourth-order valence-electron chi connectivity index (χ4n) is 5.60. The molecule has 1 saturated heterocycles. The topological polar surface area (TPSA) is 104 Å². The number of carbonyl (C=O) groups excluding carboxylic acids is 1. The summed E-state index contributed by atoms with van der Waals surface area (Å²) >= 11 is 6.99. The van der Waals surface area contributed by atoms with E-state index in [0.717, 1.165) is 23.0 Å². The molecule has 0 unspecified atom stereocenters. The number of amides is 1. The predicted octanol–water partition coefficient (Wildman–Crippen LogP) is 5.44. The molecule has 1 aliphatic heterocycles. The van der Waals surface area contributed by atoms with Crippen LogP contribution >= 0.6 is 11.6 Å². The molecule has 0 radical (unpaired) electrons. The lowest BCUT2D eigenvalue weighted by Crippen LogP contribution is -2.46. The maximum atomic E-state index is 15.6. The first-order valence-electron chi connectivity index (χ1n) is 14.6. The first-order chi connectivity index (χ1) is 21.4. The largest absolute Gasteiger partial charge is 0.496 e. The van der Waals surface area contributed by atoms with Gasteiger partial charge in [-0.3, -0.25) is 14.2 Å². The van der Waals surface area contributed by atoms with Gasteiger partial charge in [-0.15, -0.1) is 0 Å². The quantitative estimate of drug-likeness (QED) is 0.268. The maximum Gasteiger partial charge on any atom is 0.330 e. The van der Waals surface area contributed by atoms with Gasteiger partial charge in [0, 0.05) is 68.0 Å². The van der Waals surface area contributed by atoms with Crippen LogP contribution in [0.25, 0.3) is 22.3 Å². The van der Waals surface area contributed by atoms with Crippen molar-refractivity contribution >= 4 is 23.2 Å². The van der Waals surface area contributed by atoms with Crippen molar-refractivity contribution < 1.29 is 18.7 Å². The van der Waals surface area contributed by atoms with Gasteiger partial charge in [-0.05, 0) is 61.6 Å². The number of carbonyl (C=O) groups is 1. The van der Waals surface area contributed by atoms with Gasteiger partial charge in [-0.2, -0.15) is 0 Å². The molecule has 9 nitrogen and oxygen atoms in total. The Morgan fingerprint density at radius 2 is 1.73 bits per heavy atom. The minimum atomic E-state index is -0.692. The third-order valence-electron chi connectivity index (χ3n) is 8.54. The Morgan fingerprint density at radius 1 is 1.07 bits per heavy atom. The van der Waals surface area contributed by atoms with Crippen molar-refractivity contribution in [2.75, 3.05) is 25.6 Å². The number of rotatable bonds is 8. The molecule has 0 spiro atoms. The highest BCUT2D eigenvalue weighted by atomic mass is 35.5. The monoisotopic (exact) mass is 634 g/mol. The number of aromatic nitrogens is 2. The number of anilines is 1. The molecular weight excluding hydrogens is 599 g/mol. The number of nitrogens with one attached hydrogen (secondary N) is 2. The van der Waals surface area contributed by atoms with Crippen LogP contribution in [-0.4, -0.2) is 40.9 Å². The first-order valence-corrected chi connectivity index (χ1v) is 15.0. The molecular formula is C34H36ClFN4O5. The van der Waals surface area contributed by atoms with E-state index in [1.165, 1.54) is 38.0 Å². The number of hydrogen-bond donors (Lipinski definition) is 2. The van der Waals surface area contributed by atoms with Crippen LogP contribution in [0.3, 0.4) is 0 Å². The molecule has 2 N–H and O–H groups in total. The zero-order valence-electron chi connectivity index (χ0n) is 25.9. The Labute approximate surface area is 265 Å². The number of nitrogens with zero attached hydrogens (tertiary/aromatic N) is 2. The van der Waals surface area contributed by atoms with Crippen molar-refractivity contribution in [2.45, 2.75) is 38.8 Å². The molecule has 3 aromatic carbocycles. The number of methoxy groups -OCH3 is 1. The third kappa shape index (κ3) is 6.45. The average Bonchev–Trinajstić information content (AvgIpc) is 3.02. The van der Waals surface area contributed by atoms with E-state index >= 15 is 4.39 Å². The van der Waals surface area contributed by atoms with Gasteiger partial charge < -0.3 is 24.7 Å². The molecule has 11 heteroatoms. The van der Waals surface area contributed by atoms with Crippen LogP contribution in [0.1, 0.15) is 41.3 Å². The summed E-state index contributed by atoms with van der Waals surface area (Å²) in [5.74, 6) is -0.631. The summed E-state index contributed by atoms with van der Waals surface area (Å²) in [5, 5.41) is 6.68. The van der Waals surface area contributed by atoms with Crippen molar-refractivity contribution in [3.8, 4) is 28.0 Å². The predicted molar refractivity (Wildman–Crippen MR) is 174 cm³/mol.